The molecule has 0 unspecified atom stereocenters. The molecule has 0 saturated carbocycles. The number of carbonyl (C=O) groups is 1. The Kier molecular flexibility index (Phi) is 6.10. The van der Waals surface area contributed by atoms with Gasteiger partial charge in [-0.15, -0.1) is 0 Å². The maximum absolute atomic E-state index is 12.9. The van der Waals surface area contributed by atoms with Gasteiger partial charge in [-0.05, 0) is 69.1 Å². The van der Waals surface area contributed by atoms with Crippen molar-refractivity contribution in [3.63, 3.8) is 0 Å². The lowest BCUT2D eigenvalue weighted by Gasteiger charge is -2.30. The predicted octanol–water partition coefficient (Wildman–Crippen LogP) is 3.98. The molecule has 0 radical (unpaired) electrons. The van der Waals surface area contributed by atoms with Gasteiger partial charge in [0.15, 0.2) is 5.76 Å². The molecule has 1 saturated heterocycles. The number of para-hydroxylation sites is 1. The first kappa shape index (κ1) is 19.5. The molecule has 1 aliphatic heterocycles. The van der Waals surface area contributed by atoms with Gasteiger partial charge in [-0.1, -0.05) is 25.1 Å². The quantitative estimate of drug-likeness (QED) is 0.618. The number of furan rings is 1. The fourth-order valence-corrected chi connectivity index (χ4v) is 3.73. The summed E-state index contributed by atoms with van der Waals surface area (Å²) >= 11 is 0. The van der Waals surface area contributed by atoms with Crippen LogP contribution in [-0.4, -0.2) is 46.8 Å². The summed E-state index contributed by atoms with van der Waals surface area (Å²) in [7, 11) is 0. The van der Waals surface area contributed by atoms with E-state index in [4.69, 9.17) is 4.42 Å². The zero-order valence-corrected chi connectivity index (χ0v) is 16.9. The van der Waals surface area contributed by atoms with Crippen LogP contribution < -0.4 is 5.32 Å². The van der Waals surface area contributed by atoms with Crippen molar-refractivity contribution >= 4 is 5.91 Å². The molecule has 1 amide bonds. The molecule has 0 spiro atoms. The Morgan fingerprint density at radius 2 is 1.97 bits per heavy atom. The fraction of sp³-hybridized carbons (Fsp3) is 0.391. The normalized spacial score (nSPS) is 15.5. The van der Waals surface area contributed by atoms with E-state index < -0.39 is 0 Å². The van der Waals surface area contributed by atoms with E-state index >= 15 is 0 Å². The Labute approximate surface area is 171 Å². The van der Waals surface area contributed by atoms with Crippen molar-refractivity contribution in [2.24, 2.45) is 5.92 Å². The summed E-state index contributed by atoms with van der Waals surface area (Å²) in [5, 5.41) is 7.67. The highest BCUT2D eigenvalue weighted by molar-refractivity contribution is 5.94. The van der Waals surface area contributed by atoms with Crippen molar-refractivity contribution in [2.45, 2.75) is 26.2 Å². The van der Waals surface area contributed by atoms with Crippen molar-refractivity contribution in [3.8, 4) is 17.1 Å². The van der Waals surface area contributed by atoms with Crippen molar-refractivity contribution in [2.75, 3.05) is 26.2 Å². The second kappa shape index (κ2) is 9.09. The Hall–Kier alpha value is -2.86. The van der Waals surface area contributed by atoms with Gasteiger partial charge in [0.25, 0.3) is 5.91 Å². The number of aromatic nitrogens is 2. The van der Waals surface area contributed by atoms with Crippen LogP contribution in [0.5, 0.6) is 0 Å². The van der Waals surface area contributed by atoms with E-state index in [0.29, 0.717) is 23.7 Å². The summed E-state index contributed by atoms with van der Waals surface area (Å²) in [6, 6.07) is 15.1. The molecule has 152 valence electrons. The molecular weight excluding hydrogens is 364 g/mol. The number of piperidine rings is 1. The van der Waals surface area contributed by atoms with Crippen LogP contribution >= 0.6 is 0 Å². The Morgan fingerprint density at radius 1 is 1.17 bits per heavy atom. The molecule has 0 atom stereocenters. The molecule has 6 heteroatoms. The van der Waals surface area contributed by atoms with E-state index in [0.717, 1.165) is 24.6 Å². The number of nitrogens with one attached hydrogen (secondary N) is 1. The number of rotatable bonds is 7. The molecule has 29 heavy (non-hydrogen) atoms. The van der Waals surface area contributed by atoms with Gasteiger partial charge in [0, 0.05) is 12.6 Å². The van der Waals surface area contributed by atoms with E-state index in [1.807, 2.05) is 42.5 Å². The van der Waals surface area contributed by atoms with E-state index in [2.05, 4.69) is 22.2 Å². The molecular formula is C23H28N4O2. The topological polar surface area (TPSA) is 63.3 Å². The maximum atomic E-state index is 12.9. The molecule has 3 heterocycles. The molecule has 1 aliphatic rings. The minimum absolute atomic E-state index is 0.119. The lowest BCUT2D eigenvalue weighted by atomic mass is 9.99. The SMILES string of the molecule is CC1CCN(CCCNC(=O)c2cc(-c3ccco3)nn2-c2ccccc2)CC1. The van der Waals surface area contributed by atoms with Crippen molar-refractivity contribution in [1.82, 2.24) is 20.0 Å². The van der Waals surface area contributed by atoms with E-state index in [1.165, 1.54) is 25.9 Å². The standard InChI is InChI=1S/C23H28N4O2/c1-18-10-14-26(15-11-18)13-6-12-24-23(28)21-17-20(22-9-5-16-29-22)25-27(21)19-7-3-2-4-8-19/h2-5,7-9,16-18H,6,10-15H2,1H3,(H,24,28). The van der Waals surface area contributed by atoms with Crippen LogP contribution in [0.3, 0.4) is 0 Å². The Balaban J connectivity index is 1.42. The van der Waals surface area contributed by atoms with E-state index in [-0.39, 0.29) is 5.91 Å². The zero-order valence-electron chi connectivity index (χ0n) is 16.9. The Bertz CT molecular complexity index is 910. The van der Waals surface area contributed by atoms with Crippen LogP contribution in [0.15, 0.2) is 59.2 Å². The predicted molar refractivity (Wildman–Crippen MR) is 113 cm³/mol. The van der Waals surface area contributed by atoms with Crippen LogP contribution in [0.25, 0.3) is 17.1 Å². The first-order valence-electron chi connectivity index (χ1n) is 10.4. The third-order valence-electron chi connectivity index (χ3n) is 5.53. The highest BCUT2D eigenvalue weighted by atomic mass is 16.3. The first-order chi connectivity index (χ1) is 14.2. The number of amides is 1. The number of nitrogens with zero attached hydrogens (tertiary/aromatic N) is 3. The van der Waals surface area contributed by atoms with Gasteiger partial charge in [-0.3, -0.25) is 4.79 Å². The smallest absolute Gasteiger partial charge is 0.270 e. The third kappa shape index (κ3) is 4.77. The number of carbonyl (C=O) groups excluding carboxylic acids is 1. The molecule has 0 aliphatic carbocycles. The zero-order chi connectivity index (χ0) is 20.1. The maximum Gasteiger partial charge on any atom is 0.270 e. The van der Waals surface area contributed by atoms with Crippen LogP contribution in [0.1, 0.15) is 36.7 Å². The average Bonchev–Trinajstić information content (AvgIpc) is 3.43. The lowest BCUT2D eigenvalue weighted by molar-refractivity contribution is 0.0943. The van der Waals surface area contributed by atoms with Crippen LogP contribution in [0, 0.1) is 5.92 Å². The molecule has 4 rings (SSSR count). The summed E-state index contributed by atoms with van der Waals surface area (Å²) in [4.78, 5) is 15.4. The molecule has 1 fully saturated rings. The Morgan fingerprint density at radius 3 is 2.69 bits per heavy atom. The first-order valence-corrected chi connectivity index (χ1v) is 10.4. The minimum Gasteiger partial charge on any atom is -0.463 e. The van der Waals surface area contributed by atoms with Crippen LogP contribution in [0.4, 0.5) is 0 Å². The van der Waals surface area contributed by atoms with Gasteiger partial charge in [0.1, 0.15) is 11.4 Å². The molecule has 2 aromatic heterocycles. The largest absolute Gasteiger partial charge is 0.463 e. The minimum atomic E-state index is -0.119. The number of hydrogen-bond donors (Lipinski definition) is 1. The molecule has 1 N–H and O–H groups in total. The second-order valence-electron chi connectivity index (χ2n) is 7.77. The van der Waals surface area contributed by atoms with Crippen molar-refractivity contribution < 1.29 is 9.21 Å². The van der Waals surface area contributed by atoms with Crippen LogP contribution in [-0.2, 0) is 0 Å². The second-order valence-corrected chi connectivity index (χ2v) is 7.77. The summed E-state index contributed by atoms with van der Waals surface area (Å²) in [5.41, 5.74) is 2.00. The monoisotopic (exact) mass is 392 g/mol. The third-order valence-corrected chi connectivity index (χ3v) is 5.53. The highest BCUT2D eigenvalue weighted by Crippen LogP contribution is 2.22. The lowest BCUT2D eigenvalue weighted by Crippen LogP contribution is -2.35. The summed E-state index contributed by atoms with van der Waals surface area (Å²) < 4.78 is 7.14. The van der Waals surface area contributed by atoms with Gasteiger partial charge in [-0.25, -0.2) is 4.68 Å². The molecule has 6 nitrogen and oxygen atoms in total. The summed E-state index contributed by atoms with van der Waals surface area (Å²) in [5.74, 6) is 1.37. The van der Waals surface area contributed by atoms with Crippen LogP contribution in [0.2, 0.25) is 0 Å². The van der Waals surface area contributed by atoms with Gasteiger partial charge >= 0.3 is 0 Å². The average molecular weight is 393 g/mol. The van der Waals surface area contributed by atoms with E-state index in [1.54, 1.807) is 17.0 Å². The number of likely N-dealkylation sites (tertiary alicyclic amines) is 1. The van der Waals surface area contributed by atoms with Gasteiger partial charge < -0.3 is 14.6 Å². The molecule has 0 bridgehead atoms. The van der Waals surface area contributed by atoms with Gasteiger partial charge in [-0.2, -0.15) is 5.10 Å². The summed E-state index contributed by atoms with van der Waals surface area (Å²) in [6.45, 7) is 6.35. The highest BCUT2D eigenvalue weighted by Gasteiger charge is 2.19. The van der Waals surface area contributed by atoms with Gasteiger partial charge in [0.05, 0.1) is 12.0 Å². The fourth-order valence-electron chi connectivity index (χ4n) is 3.73. The van der Waals surface area contributed by atoms with E-state index in [9.17, 15) is 4.79 Å². The van der Waals surface area contributed by atoms with Crippen molar-refractivity contribution in [1.29, 1.82) is 0 Å². The summed E-state index contributed by atoms with van der Waals surface area (Å²) in [6.07, 6.45) is 5.11. The molecule has 1 aromatic carbocycles. The molecule has 3 aromatic rings. The van der Waals surface area contributed by atoms with Crippen molar-refractivity contribution in [3.05, 3.63) is 60.5 Å². The number of benzene rings is 1. The number of hydrogen-bond acceptors (Lipinski definition) is 4. The van der Waals surface area contributed by atoms with Gasteiger partial charge in [0.2, 0.25) is 0 Å².